The lowest BCUT2D eigenvalue weighted by Gasteiger charge is -2.32. The van der Waals surface area contributed by atoms with Crippen LogP contribution in [0.2, 0.25) is 0 Å². The van der Waals surface area contributed by atoms with Crippen LogP contribution in [0.15, 0.2) is 42.6 Å². The van der Waals surface area contributed by atoms with Crippen LogP contribution < -0.4 is 9.47 Å². The molecule has 3 rings (SSSR count). The minimum Gasteiger partial charge on any atom is -0.493 e. The number of hydrogen-bond acceptors (Lipinski definition) is 5. The molecule has 26 heavy (non-hydrogen) atoms. The van der Waals surface area contributed by atoms with E-state index in [9.17, 15) is 0 Å². The third-order valence-corrected chi connectivity index (χ3v) is 4.78. The highest BCUT2D eigenvalue weighted by Crippen LogP contribution is 2.29. The van der Waals surface area contributed by atoms with Crippen molar-refractivity contribution in [2.24, 2.45) is 5.92 Å². The third kappa shape index (κ3) is 4.96. The van der Waals surface area contributed by atoms with Gasteiger partial charge in [-0.1, -0.05) is 6.07 Å². The Hall–Kier alpha value is -2.58. The summed E-state index contributed by atoms with van der Waals surface area (Å²) in [5.74, 6) is 1.83. The van der Waals surface area contributed by atoms with Gasteiger partial charge < -0.3 is 14.4 Å². The highest BCUT2D eigenvalue weighted by molar-refractivity contribution is 5.46. The summed E-state index contributed by atoms with van der Waals surface area (Å²) in [5, 5.41) is 8.99. The van der Waals surface area contributed by atoms with Gasteiger partial charge in [-0.05, 0) is 43.7 Å². The molecule has 1 aromatic carbocycles. The van der Waals surface area contributed by atoms with Gasteiger partial charge in [0, 0.05) is 43.4 Å². The molecular weight excluding hydrogens is 326 g/mol. The molecule has 1 aromatic heterocycles. The van der Waals surface area contributed by atoms with Crippen LogP contribution in [0.1, 0.15) is 24.1 Å². The van der Waals surface area contributed by atoms with Gasteiger partial charge in [0.15, 0.2) is 11.5 Å². The highest BCUT2D eigenvalue weighted by atomic mass is 16.5. The van der Waals surface area contributed by atoms with Crippen molar-refractivity contribution < 1.29 is 9.47 Å². The van der Waals surface area contributed by atoms with Crippen molar-refractivity contribution in [2.45, 2.75) is 19.3 Å². The molecule has 1 aliphatic rings. The number of pyridine rings is 1. The predicted octanol–water partition coefficient (Wildman–Crippen LogP) is 3.30. The summed E-state index contributed by atoms with van der Waals surface area (Å²) in [7, 11) is 1.60. The molecule has 1 aliphatic heterocycles. The van der Waals surface area contributed by atoms with E-state index in [1.807, 2.05) is 24.4 Å². The van der Waals surface area contributed by atoms with Crippen molar-refractivity contribution >= 4 is 0 Å². The van der Waals surface area contributed by atoms with Gasteiger partial charge in [0.1, 0.15) is 0 Å². The number of rotatable bonds is 7. The maximum Gasteiger partial charge on any atom is 0.162 e. The van der Waals surface area contributed by atoms with Gasteiger partial charge in [0.25, 0.3) is 0 Å². The number of nitrogens with zero attached hydrogens (tertiary/aromatic N) is 3. The van der Waals surface area contributed by atoms with E-state index in [1.54, 1.807) is 19.2 Å². The molecular formula is C21H25N3O2. The molecule has 0 N–H and O–H groups in total. The Balaban J connectivity index is 1.50. The summed E-state index contributed by atoms with van der Waals surface area (Å²) in [5.41, 5.74) is 1.72. The van der Waals surface area contributed by atoms with Crippen molar-refractivity contribution in [1.82, 2.24) is 9.88 Å². The predicted molar refractivity (Wildman–Crippen MR) is 100 cm³/mol. The lowest BCUT2D eigenvalue weighted by molar-refractivity contribution is 0.129. The second-order valence-electron chi connectivity index (χ2n) is 6.67. The minimum atomic E-state index is 0.507. The number of methoxy groups -OCH3 is 1. The van der Waals surface area contributed by atoms with Crippen molar-refractivity contribution in [3.8, 4) is 17.6 Å². The standard InChI is InChI=1S/C21H25N3O2/c1-25-21-13-17(14-22)7-8-20(21)26-16-18-5-4-11-24(15-18)12-9-19-6-2-3-10-23-19/h2-3,6-8,10,13,18H,4-5,9,11-12,15-16H2,1H3. The summed E-state index contributed by atoms with van der Waals surface area (Å²) in [6.45, 7) is 3.89. The topological polar surface area (TPSA) is 58.4 Å². The maximum absolute atomic E-state index is 8.99. The van der Waals surface area contributed by atoms with Crippen molar-refractivity contribution in [2.75, 3.05) is 33.4 Å². The molecule has 136 valence electrons. The second-order valence-corrected chi connectivity index (χ2v) is 6.67. The molecule has 0 saturated carbocycles. The third-order valence-electron chi connectivity index (χ3n) is 4.78. The zero-order valence-electron chi connectivity index (χ0n) is 15.2. The quantitative estimate of drug-likeness (QED) is 0.766. The first-order valence-corrected chi connectivity index (χ1v) is 9.11. The molecule has 0 spiro atoms. The van der Waals surface area contributed by atoms with Crippen molar-refractivity contribution in [3.05, 3.63) is 53.9 Å². The summed E-state index contributed by atoms with van der Waals surface area (Å²) in [4.78, 5) is 6.91. The number of benzene rings is 1. The van der Waals surface area contributed by atoms with Gasteiger partial charge in [-0.2, -0.15) is 5.26 Å². The van der Waals surface area contributed by atoms with E-state index in [1.165, 1.54) is 12.8 Å². The summed E-state index contributed by atoms with van der Waals surface area (Å²) >= 11 is 0. The molecule has 1 atom stereocenters. The molecule has 2 aromatic rings. The van der Waals surface area contributed by atoms with Crippen LogP contribution in [0.25, 0.3) is 0 Å². The monoisotopic (exact) mass is 351 g/mol. The molecule has 0 amide bonds. The molecule has 2 heterocycles. The second kappa shape index (κ2) is 9.21. The van der Waals surface area contributed by atoms with E-state index in [-0.39, 0.29) is 0 Å². The average Bonchev–Trinajstić information content (AvgIpc) is 2.71. The zero-order chi connectivity index (χ0) is 18.2. The van der Waals surface area contributed by atoms with E-state index in [2.05, 4.69) is 22.0 Å². The van der Waals surface area contributed by atoms with Crippen LogP contribution in [0.3, 0.4) is 0 Å². The van der Waals surface area contributed by atoms with E-state index in [4.69, 9.17) is 14.7 Å². The van der Waals surface area contributed by atoms with Gasteiger partial charge in [-0.25, -0.2) is 0 Å². The van der Waals surface area contributed by atoms with Crippen molar-refractivity contribution in [3.63, 3.8) is 0 Å². The molecule has 0 aliphatic carbocycles. The maximum atomic E-state index is 8.99. The average molecular weight is 351 g/mol. The minimum absolute atomic E-state index is 0.507. The van der Waals surface area contributed by atoms with Crippen molar-refractivity contribution in [1.29, 1.82) is 5.26 Å². The van der Waals surface area contributed by atoms with Crippen LogP contribution >= 0.6 is 0 Å². The first-order valence-electron chi connectivity index (χ1n) is 9.11. The molecule has 5 heteroatoms. The molecule has 0 radical (unpaired) electrons. The lowest BCUT2D eigenvalue weighted by atomic mass is 9.98. The summed E-state index contributed by atoms with van der Waals surface area (Å²) in [6, 6.07) is 13.5. The molecule has 1 unspecified atom stereocenters. The van der Waals surface area contributed by atoms with Gasteiger partial charge in [0.05, 0.1) is 25.3 Å². The molecule has 1 fully saturated rings. The van der Waals surface area contributed by atoms with Crippen LogP contribution in [0, 0.1) is 17.2 Å². The number of piperidine rings is 1. The smallest absolute Gasteiger partial charge is 0.162 e. The highest BCUT2D eigenvalue weighted by Gasteiger charge is 2.21. The number of nitriles is 1. The van der Waals surface area contributed by atoms with Crippen LogP contribution in [0.4, 0.5) is 0 Å². The van der Waals surface area contributed by atoms with Gasteiger partial charge >= 0.3 is 0 Å². The Bertz CT molecular complexity index is 743. The van der Waals surface area contributed by atoms with Gasteiger partial charge in [-0.3, -0.25) is 4.98 Å². The first-order chi connectivity index (χ1) is 12.8. The molecule has 1 saturated heterocycles. The zero-order valence-corrected chi connectivity index (χ0v) is 15.2. The van der Waals surface area contributed by atoms with Gasteiger partial charge in [-0.15, -0.1) is 0 Å². The van der Waals surface area contributed by atoms with Gasteiger partial charge in [0.2, 0.25) is 0 Å². The fraction of sp³-hybridized carbons (Fsp3) is 0.429. The lowest BCUT2D eigenvalue weighted by Crippen LogP contribution is -2.38. The summed E-state index contributed by atoms with van der Waals surface area (Å²) in [6.07, 6.45) is 5.21. The van der Waals surface area contributed by atoms with E-state index >= 15 is 0 Å². The van der Waals surface area contributed by atoms with Crippen LogP contribution in [-0.4, -0.2) is 43.2 Å². The fourth-order valence-corrected chi connectivity index (χ4v) is 3.37. The SMILES string of the molecule is COc1cc(C#N)ccc1OCC1CCCN(CCc2ccccn2)C1. The number of aromatic nitrogens is 1. The van der Waals surface area contributed by atoms with E-state index in [0.717, 1.165) is 31.7 Å². The molecule has 0 bridgehead atoms. The fourth-order valence-electron chi connectivity index (χ4n) is 3.37. The Morgan fingerprint density at radius 3 is 2.96 bits per heavy atom. The van der Waals surface area contributed by atoms with Crippen LogP contribution in [-0.2, 0) is 6.42 Å². The number of likely N-dealkylation sites (tertiary alicyclic amines) is 1. The number of hydrogen-bond donors (Lipinski definition) is 0. The summed E-state index contributed by atoms with van der Waals surface area (Å²) < 4.78 is 11.3. The normalized spacial score (nSPS) is 17.5. The Morgan fingerprint density at radius 2 is 2.19 bits per heavy atom. The number of ether oxygens (including phenoxy) is 2. The van der Waals surface area contributed by atoms with E-state index in [0.29, 0.717) is 29.6 Å². The Morgan fingerprint density at radius 1 is 1.27 bits per heavy atom. The van der Waals surface area contributed by atoms with E-state index < -0.39 is 0 Å². The molecule has 5 nitrogen and oxygen atoms in total. The Kier molecular flexibility index (Phi) is 6.45. The van der Waals surface area contributed by atoms with Crippen LogP contribution in [0.5, 0.6) is 11.5 Å². The first kappa shape index (κ1) is 18.2. The largest absolute Gasteiger partial charge is 0.493 e. The Labute approximate surface area is 155 Å².